The number of carbonyl (C=O) groups is 1. The molecular weight excluding hydrogens is 308 g/mol. The Labute approximate surface area is 138 Å². The number of nitrogens with two attached hydrogens (primary N) is 1. The van der Waals surface area contributed by atoms with E-state index in [4.69, 9.17) is 25.5 Å². The van der Waals surface area contributed by atoms with Crippen LogP contribution in [0.25, 0.3) is 11.3 Å². The third kappa shape index (κ3) is 2.81. The Kier molecular flexibility index (Phi) is 4.18. The summed E-state index contributed by atoms with van der Waals surface area (Å²) in [6, 6.07) is 13.8. The van der Waals surface area contributed by atoms with Crippen molar-refractivity contribution >= 4 is 17.1 Å². The van der Waals surface area contributed by atoms with Crippen molar-refractivity contribution in [3.63, 3.8) is 0 Å². The van der Waals surface area contributed by atoms with Crippen molar-refractivity contribution in [2.45, 2.75) is 6.92 Å². The first-order valence-corrected chi connectivity index (χ1v) is 7.16. The zero-order valence-electron chi connectivity index (χ0n) is 12.9. The van der Waals surface area contributed by atoms with Crippen molar-refractivity contribution in [2.75, 3.05) is 6.79 Å². The van der Waals surface area contributed by atoms with Crippen molar-refractivity contribution < 1.29 is 19.1 Å². The van der Waals surface area contributed by atoms with Gasteiger partial charge < -0.3 is 14.3 Å². The summed E-state index contributed by atoms with van der Waals surface area (Å²) in [6.45, 7) is 1.58. The zero-order valence-corrected chi connectivity index (χ0v) is 12.9. The summed E-state index contributed by atoms with van der Waals surface area (Å²) < 4.78 is 10.6. The minimum absolute atomic E-state index is 0.147. The fraction of sp³-hybridized carbons (Fsp3) is 0.111. The molecule has 2 N–H and O–H groups in total. The number of hydrogen-bond acceptors (Lipinski definition) is 6. The summed E-state index contributed by atoms with van der Waals surface area (Å²) in [4.78, 5) is 17.2. The van der Waals surface area contributed by atoms with E-state index in [2.05, 4.69) is 0 Å². The van der Waals surface area contributed by atoms with Crippen LogP contribution in [0.4, 0.5) is 0 Å². The van der Waals surface area contributed by atoms with Gasteiger partial charge in [0.25, 0.3) is 0 Å². The first-order valence-electron chi connectivity index (χ1n) is 7.16. The molecule has 0 saturated heterocycles. The molecule has 0 bridgehead atoms. The summed E-state index contributed by atoms with van der Waals surface area (Å²) in [5.74, 6) is 6.63. The van der Waals surface area contributed by atoms with Crippen LogP contribution in [0.2, 0.25) is 0 Å². The van der Waals surface area contributed by atoms with E-state index in [-0.39, 0.29) is 18.3 Å². The molecule has 6 nitrogen and oxygen atoms in total. The third-order valence-electron chi connectivity index (χ3n) is 3.63. The molecule has 0 unspecified atom stereocenters. The monoisotopic (exact) mass is 322 g/mol. The highest BCUT2D eigenvalue weighted by Gasteiger charge is 2.21. The molecule has 0 atom stereocenters. The van der Waals surface area contributed by atoms with Crippen LogP contribution >= 0.6 is 0 Å². The highest BCUT2D eigenvalue weighted by atomic mass is 16.7. The SMILES string of the molecule is CC(=O)/C(=C(\ON)c1ccc(C#N)cc1)c1ccc2c(c1)OCO2. The van der Waals surface area contributed by atoms with Crippen LogP contribution in [-0.2, 0) is 9.63 Å². The fourth-order valence-corrected chi connectivity index (χ4v) is 2.51. The normalized spacial score (nSPS) is 13.0. The number of nitriles is 1. The number of ether oxygens (including phenoxy) is 2. The molecule has 2 aromatic rings. The van der Waals surface area contributed by atoms with Gasteiger partial charge in [0.05, 0.1) is 17.2 Å². The van der Waals surface area contributed by atoms with Gasteiger partial charge >= 0.3 is 0 Å². The molecule has 1 aliphatic rings. The van der Waals surface area contributed by atoms with E-state index < -0.39 is 0 Å². The Morgan fingerprint density at radius 1 is 1.12 bits per heavy atom. The lowest BCUT2D eigenvalue weighted by Crippen LogP contribution is -2.07. The number of benzene rings is 2. The lowest BCUT2D eigenvalue weighted by molar-refractivity contribution is -0.111. The Balaban J connectivity index is 2.14. The van der Waals surface area contributed by atoms with Crippen molar-refractivity contribution in [1.82, 2.24) is 0 Å². The predicted octanol–water partition coefficient (Wildman–Crippen LogP) is 2.63. The van der Waals surface area contributed by atoms with E-state index >= 15 is 0 Å². The largest absolute Gasteiger partial charge is 0.454 e. The van der Waals surface area contributed by atoms with Crippen LogP contribution in [-0.4, -0.2) is 12.6 Å². The molecule has 0 fully saturated rings. The molecule has 0 spiro atoms. The maximum atomic E-state index is 12.2. The number of hydrogen-bond donors (Lipinski definition) is 1. The molecule has 0 radical (unpaired) electrons. The first-order chi connectivity index (χ1) is 11.6. The maximum absolute atomic E-state index is 12.2. The van der Waals surface area contributed by atoms with Gasteiger partial charge in [-0.25, -0.2) is 0 Å². The molecule has 24 heavy (non-hydrogen) atoms. The average molecular weight is 322 g/mol. The van der Waals surface area contributed by atoms with E-state index in [9.17, 15) is 4.79 Å². The molecule has 0 aliphatic carbocycles. The molecule has 0 aromatic heterocycles. The van der Waals surface area contributed by atoms with Crippen LogP contribution in [0.5, 0.6) is 11.5 Å². The Morgan fingerprint density at radius 3 is 2.42 bits per heavy atom. The van der Waals surface area contributed by atoms with Gasteiger partial charge in [0.15, 0.2) is 23.0 Å². The van der Waals surface area contributed by atoms with Gasteiger partial charge in [-0.2, -0.15) is 11.2 Å². The Bertz CT molecular complexity index is 864. The number of rotatable bonds is 4. The second-order valence-electron chi connectivity index (χ2n) is 5.14. The summed E-state index contributed by atoms with van der Waals surface area (Å²) in [5, 5.41) is 8.89. The van der Waals surface area contributed by atoms with Crippen LogP contribution < -0.4 is 15.4 Å². The maximum Gasteiger partial charge on any atom is 0.231 e. The van der Waals surface area contributed by atoms with Crippen LogP contribution in [0.1, 0.15) is 23.6 Å². The molecular formula is C18H14N2O4. The highest BCUT2D eigenvalue weighted by molar-refractivity contribution is 6.26. The first kappa shape index (κ1) is 15.6. The molecule has 2 aromatic carbocycles. The van der Waals surface area contributed by atoms with Gasteiger partial charge in [0.1, 0.15) is 0 Å². The second kappa shape index (κ2) is 6.44. The van der Waals surface area contributed by atoms with Crippen molar-refractivity contribution in [3.8, 4) is 17.6 Å². The lowest BCUT2D eigenvalue weighted by Gasteiger charge is -2.12. The molecule has 0 amide bonds. The smallest absolute Gasteiger partial charge is 0.231 e. The summed E-state index contributed by atoms with van der Waals surface area (Å²) in [5.41, 5.74) is 2.03. The van der Waals surface area contributed by atoms with Crippen molar-refractivity contribution in [2.24, 2.45) is 5.90 Å². The van der Waals surface area contributed by atoms with Crippen LogP contribution in [0.15, 0.2) is 42.5 Å². The van der Waals surface area contributed by atoms with Gasteiger partial charge in [-0.15, -0.1) is 0 Å². The number of nitrogens with zero attached hydrogens (tertiary/aromatic N) is 1. The van der Waals surface area contributed by atoms with Gasteiger partial charge in [0, 0.05) is 5.56 Å². The fourth-order valence-electron chi connectivity index (χ4n) is 2.51. The molecule has 120 valence electrons. The van der Waals surface area contributed by atoms with Gasteiger partial charge in [0.2, 0.25) is 6.79 Å². The Hall–Kier alpha value is -3.30. The zero-order chi connectivity index (χ0) is 17.1. The molecule has 0 saturated carbocycles. The predicted molar refractivity (Wildman–Crippen MR) is 86.5 cm³/mol. The summed E-state index contributed by atoms with van der Waals surface area (Å²) in [7, 11) is 0. The van der Waals surface area contributed by atoms with Crippen molar-refractivity contribution in [3.05, 3.63) is 59.2 Å². The van der Waals surface area contributed by atoms with Crippen LogP contribution in [0.3, 0.4) is 0 Å². The second-order valence-corrected chi connectivity index (χ2v) is 5.14. The molecule has 1 heterocycles. The number of fused-ring (bicyclic) bond motifs is 1. The van der Waals surface area contributed by atoms with Gasteiger partial charge in [-0.05, 0) is 48.9 Å². The average Bonchev–Trinajstić information content (AvgIpc) is 3.07. The highest BCUT2D eigenvalue weighted by Crippen LogP contribution is 2.36. The number of ketones is 1. The van der Waals surface area contributed by atoms with E-state index in [0.717, 1.165) is 0 Å². The Morgan fingerprint density at radius 2 is 1.79 bits per heavy atom. The lowest BCUT2D eigenvalue weighted by atomic mass is 9.97. The minimum Gasteiger partial charge on any atom is -0.454 e. The van der Waals surface area contributed by atoms with Crippen LogP contribution in [0, 0.1) is 11.3 Å². The van der Waals surface area contributed by atoms with E-state index in [1.807, 2.05) is 6.07 Å². The third-order valence-corrected chi connectivity index (χ3v) is 3.63. The topological polar surface area (TPSA) is 94.6 Å². The summed E-state index contributed by atoms with van der Waals surface area (Å²) in [6.07, 6.45) is 0. The van der Waals surface area contributed by atoms with Gasteiger partial charge in [-0.3, -0.25) is 4.79 Å². The van der Waals surface area contributed by atoms with E-state index in [0.29, 0.717) is 33.8 Å². The summed E-state index contributed by atoms with van der Waals surface area (Å²) >= 11 is 0. The molecule has 1 aliphatic heterocycles. The molecule has 6 heteroatoms. The van der Waals surface area contributed by atoms with E-state index in [1.54, 1.807) is 42.5 Å². The quantitative estimate of drug-likeness (QED) is 0.402. The van der Waals surface area contributed by atoms with Gasteiger partial charge in [-0.1, -0.05) is 6.07 Å². The standard InChI is InChI=1S/C18H14N2O4/c1-11(21)17(14-6-7-15-16(8-14)23-10-22-15)18(24-20)13-4-2-12(9-19)3-5-13/h2-8H,10,20H2,1H3/b18-17+. The minimum atomic E-state index is -0.210. The number of Topliss-reactive ketones (excluding diaryl/α,β-unsaturated/α-hetero) is 1. The molecule has 3 rings (SSSR count). The number of carbonyl (C=O) groups excluding carboxylic acids is 1. The van der Waals surface area contributed by atoms with Crippen molar-refractivity contribution in [1.29, 1.82) is 5.26 Å². The van der Waals surface area contributed by atoms with E-state index in [1.165, 1.54) is 6.92 Å². The number of allylic oxidation sites excluding steroid dienone is 1.